The third kappa shape index (κ3) is 3.95. The summed E-state index contributed by atoms with van der Waals surface area (Å²) in [6.07, 6.45) is 0.392. The number of hydrogen-bond donors (Lipinski definition) is 1. The summed E-state index contributed by atoms with van der Waals surface area (Å²) in [5.74, 6) is -0.611. The summed E-state index contributed by atoms with van der Waals surface area (Å²) >= 11 is 0. The highest BCUT2D eigenvalue weighted by Crippen LogP contribution is 2.22. The molecule has 0 radical (unpaired) electrons. The molecule has 116 valence electrons. The SMILES string of the molecule is COC(=O)CCc1cc(C(=O)c2cccc(C#N)c2)ccc1O. The van der Waals surface area contributed by atoms with Crippen molar-refractivity contribution < 1.29 is 19.4 Å². The van der Waals surface area contributed by atoms with Crippen molar-refractivity contribution in [3.05, 3.63) is 64.7 Å². The van der Waals surface area contributed by atoms with Gasteiger partial charge in [-0.3, -0.25) is 9.59 Å². The van der Waals surface area contributed by atoms with Gasteiger partial charge in [-0.2, -0.15) is 5.26 Å². The topological polar surface area (TPSA) is 87.4 Å². The molecule has 2 rings (SSSR count). The number of benzene rings is 2. The molecule has 0 aliphatic heterocycles. The molecule has 0 aliphatic carbocycles. The Balaban J connectivity index is 2.27. The van der Waals surface area contributed by atoms with Crippen LogP contribution in [0.25, 0.3) is 0 Å². The van der Waals surface area contributed by atoms with Crippen molar-refractivity contribution in [2.45, 2.75) is 12.8 Å². The Morgan fingerprint density at radius 2 is 1.91 bits per heavy atom. The molecule has 0 saturated carbocycles. The smallest absolute Gasteiger partial charge is 0.305 e. The van der Waals surface area contributed by atoms with Crippen LogP contribution in [-0.4, -0.2) is 24.0 Å². The summed E-state index contributed by atoms with van der Waals surface area (Å²) < 4.78 is 4.57. The Hall–Kier alpha value is -3.13. The van der Waals surface area contributed by atoms with Gasteiger partial charge in [0.1, 0.15) is 5.75 Å². The molecule has 5 heteroatoms. The van der Waals surface area contributed by atoms with Gasteiger partial charge < -0.3 is 9.84 Å². The predicted octanol–water partition coefficient (Wildman–Crippen LogP) is 2.60. The lowest BCUT2D eigenvalue weighted by atomic mass is 9.98. The summed E-state index contributed by atoms with van der Waals surface area (Å²) in [4.78, 5) is 23.7. The minimum atomic E-state index is -0.386. The highest BCUT2D eigenvalue weighted by atomic mass is 16.5. The van der Waals surface area contributed by atoms with Gasteiger partial charge in [0, 0.05) is 17.5 Å². The number of rotatable bonds is 5. The van der Waals surface area contributed by atoms with E-state index in [9.17, 15) is 14.7 Å². The molecule has 5 nitrogen and oxygen atoms in total. The monoisotopic (exact) mass is 309 g/mol. The molecule has 0 unspecified atom stereocenters. The van der Waals surface area contributed by atoms with Gasteiger partial charge in [-0.05, 0) is 42.3 Å². The highest BCUT2D eigenvalue weighted by Gasteiger charge is 2.13. The highest BCUT2D eigenvalue weighted by molar-refractivity contribution is 6.09. The lowest BCUT2D eigenvalue weighted by molar-refractivity contribution is -0.140. The first-order valence-electron chi connectivity index (χ1n) is 6.98. The molecular formula is C18H15NO4. The van der Waals surface area contributed by atoms with Gasteiger partial charge in [0.2, 0.25) is 0 Å². The number of aryl methyl sites for hydroxylation is 1. The zero-order valence-electron chi connectivity index (χ0n) is 12.6. The average molecular weight is 309 g/mol. The van der Waals surface area contributed by atoms with Crippen molar-refractivity contribution >= 4 is 11.8 Å². The molecule has 2 aromatic rings. The van der Waals surface area contributed by atoms with Crippen LogP contribution in [0.15, 0.2) is 42.5 Å². The summed E-state index contributed by atoms with van der Waals surface area (Å²) in [5.41, 5.74) is 1.68. The summed E-state index contributed by atoms with van der Waals surface area (Å²) in [7, 11) is 1.30. The predicted molar refractivity (Wildman–Crippen MR) is 83.0 cm³/mol. The number of carbonyl (C=O) groups excluding carboxylic acids is 2. The number of nitriles is 1. The standard InChI is InChI=1S/C18H15NO4/c1-23-17(21)8-6-13-10-15(5-7-16(13)20)18(22)14-4-2-3-12(9-14)11-19/h2-5,7,9-10,20H,6,8H2,1H3. The number of ether oxygens (including phenoxy) is 1. The number of phenolic OH excluding ortho intramolecular Hbond substituents is 1. The van der Waals surface area contributed by atoms with Crippen molar-refractivity contribution in [2.24, 2.45) is 0 Å². The van der Waals surface area contributed by atoms with E-state index in [0.29, 0.717) is 22.3 Å². The van der Waals surface area contributed by atoms with Gasteiger partial charge in [0.05, 0.1) is 18.7 Å². The van der Waals surface area contributed by atoms with Gasteiger partial charge in [0.25, 0.3) is 0 Å². The second kappa shape index (κ2) is 7.23. The number of aromatic hydroxyl groups is 1. The van der Waals surface area contributed by atoms with E-state index < -0.39 is 0 Å². The van der Waals surface area contributed by atoms with Crippen molar-refractivity contribution in [1.29, 1.82) is 5.26 Å². The van der Waals surface area contributed by atoms with Crippen LogP contribution in [0.5, 0.6) is 5.75 Å². The fourth-order valence-corrected chi connectivity index (χ4v) is 2.16. The first-order valence-corrected chi connectivity index (χ1v) is 6.98. The number of ketones is 1. The molecule has 0 bridgehead atoms. The second-order valence-corrected chi connectivity index (χ2v) is 4.94. The van der Waals surface area contributed by atoms with E-state index in [4.69, 9.17) is 5.26 Å². The van der Waals surface area contributed by atoms with Crippen LogP contribution in [0.1, 0.15) is 33.5 Å². The van der Waals surface area contributed by atoms with Crippen LogP contribution in [0.3, 0.4) is 0 Å². The van der Waals surface area contributed by atoms with E-state index in [0.717, 1.165) is 0 Å². The molecule has 0 spiro atoms. The maximum absolute atomic E-state index is 12.5. The fourth-order valence-electron chi connectivity index (χ4n) is 2.16. The van der Waals surface area contributed by atoms with Gasteiger partial charge in [-0.15, -0.1) is 0 Å². The minimum Gasteiger partial charge on any atom is -0.508 e. The molecule has 0 saturated heterocycles. The quantitative estimate of drug-likeness (QED) is 0.677. The van der Waals surface area contributed by atoms with Crippen LogP contribution in [0.2, 0.25) is 0 Å². The number of esters is 1. The van der Waals surface area contributed by atoms with Gasteiger partial charge >= 0.3 is 5.97 Å². The zero-order valence-corrected chi connectivity index (χ0v) is 12.6. The van der Waals surface area contributed by atoms with E-state index in [2.05, 4.69) is 4.74 Å². The summed E-state index contributed by atoms with van der Waals surface area (Å²) in [6.45, 7) is 0. The van der Waals surface area contributed by atoms with Gasteiger partial charge in [-0.1, -0.05) is 12.1 Å². The first kappa shape index (κ1) is 16.2. The number of methoxy groups -OCH3 is 1. The lowest BCUT2D eigenvalue weighted by Gasteiger charge is -2.07. The average Bonchev–Trinajstić information content (AvgIpc) is 2.60. The maximum Gasteiger partial charge on any atom is 0.305 e. The molecule has 0 atom stereocenters. The van der Waals surface area contributed by atoms with E-state index in [1.54, 1.807) is 24.3 Å². The number of carbonyl (C=O) groups is 2. The Morgan fingerprint density at radius 3 is 2.61 bits per heavy atom. The Morgan fingerprint density at radius 1 is 1.17 bits per heavy atom. The maximum atomic E-state index is 12.5. The third-order valence-electron chi connectivity index (χ3n) is 3.42. The number of phenols is 1. The third-order valence-corrected chi connectivity index (χ3v) is 3.42. The van der Waals surface area contributed by atoms with Crippen molar-refractivity contribution in [3.63, 3.8) is 0 Å². The molecule has 0 heterocycles. The fraction of sp³-hybridized carbons (Fsp3) is 0.167. The molecule has 0 aliphatic rings. The number of hydrogen-bond acceptors (Lipinski definition) is 5. The van der Waals surface area contributed by atoms with Crippen molar-refractivity contribution in [1.82, 2.24) is 0 Å². The molecule has 23 heavy (non-hydrogen) atoms. The van der Waals surface area contributed by atoms with Gasteiger partial charge in [-0.25, -0.2) is 0 Å². The first-order chi connectivity index (χ1) is 11.0. The van der Waals surface area contributed by atoms with Crippen molar-refractivity contribution in [2.75, 3.05) is 7.11 Å². The summed E-state index contributed by atoms with van der Waals surface area (Å²) in [5, 5.41) is 18.8. The molecular weight excluding hydrogens is 294 g/mol. The van der Waals surface area contributed by atoms with Crippen molar-refractivity contribution in [3.8, 4) is 11.8 Å². The Labute approximate surface area is 133 Å². The molecule has 0 aromatic heterocycles. The van der Waals surface area contributed by atoms with E-state index in [1.807, 2.05) is 6.07 Å². The largest absolute Gasteiger partial charge is 0.508 e. The Bertz CT molecular complexity index is 790. The Kier molecular flexibility index (Phi) is 5.11. The lowest BCUT2D eigenvalue weighted by Crippen LogP contribution is -2.05. The minimum absolute atomic E-state index is 0.0243. The molecule has 0 fully saturated rings. The molecule has 0 amide bonds. The normalized spacial score (nSPS) is 9.91. The van der Waals surface area contributed by atoms with Gasteiger partial charge in [0.15, 0.2) is 5.78 Å². The molecule has 2 aromatic carbocycles. The van der Waals surface area contributed by atoms with Crippen LogP contribution >= 0.6 is 0 Å². The van der Waals surface area contributed by atoms with Crippen LogP contribution in [-0.2, 0) is 16.0 Å². The van der Waals surface area contributed by atoms with Crippen LogP contribution < -0.4 is 0 Å². The van der Waals surface area contributed by atoms with E-state index in [1.165, 1.54) is 25.3 Å². The number of nitrogens with zero attached hydrogens (tertiary/aromatic N) is 1. The summed E-state index contributed by atoms with van der Waals surface area (Å²) in [6, 6.07) is 12.9. The van der Waals surface area contributed by atoms with E-state index >= 15 is 0 Å². The molecule has 1 N–H and O–H groups in total. The zero-order chi connectivity index (χ0) is 16.8. The van der Waals surface area contributed by atoms with Crippen LogP contribution in [0.4, 0.5) is 0 Å². The van der Waals surface area contributed by atoms with E-state index in [-0.39, 0.29) is 30.3 Å². The second-order valence-electron chi connectivity index (χ2n) is 4.94. The van der Waals surface area contributed by atoms with Crippen LogP contribution in [0, 0.1) is 11.3 Å².